The van der Waals surface area contributed by atoms with Gasteiger partial charge in [-0.05, 0) is 12.8 Å². The first kappa shape index (κ1) is 9.57. The number of esters is 1. The van der Waals surface area contributed by atoms with Crippen LogP contribution in [0.15, 0.2) is 0 Å². The van der Waals surface area contributed by atoms with Crippen LogP contribution in [0.25, 0.3) is 0 Å². The molecule has 1 aliphatic carbocycles. The van der Waals surface area contributed by atoms with E-state index in [0.717, 1.165) is 0 Å². The van der Waals surface area contributed by atoms with Crippen LogP contribution in [0.3, 0.4) is 0 Å². The van der Waals surface area contributed by atoms with E-state index >= 15 is 0 Å². The molecule has 5 nitrogen and oxygen atoms in total. The first-order valence-electron chi connectivity index (χ1n) is 5.19. The maximum absolute atomic E-state index is 11.8. The maximum atomic E-state index is 11.8. The van der Waals surface area contributed by atoms with Crippen molar-refractivity contribution in [3.8, 4) is 0 Å². The van der Waals surface area contributed by atoms with Gasteiger partial charge >= 0.3 is 5.97 Å². The summed E-state index contributed by atoms with van der Waals surface area (Å²) in [5.41, 5.74) is 4.46. The number of nitrogens with two attached hydrogens (primary N) is 1. The molecule has 1 saturated carbocycles. The predicted molar refractivity (Wildman–Crippen MR) is 50.1 cm³/mol. The van der Waals surface area contributed by atoms with Crippen molar-refractivity contribution in [3.63, 3.8) is 0 Å². The van der Waals surface area contributed by atoms with E-state index in [9.17, 15) is 4.79 Å². The average Bonchev–Trinajstić information content (AvgIpc) is 2.61. The van der Waals surface area contributed by atoms with Gasteiger partial charge in [0.2, 0.25) is 0 Å². The lowest BCUT2D eigenvalue weighted by atomic mass is 9.55. The molecule has 0 unspecified atom stereocenters. The molecule has 0 aromatic heterocycles. The molecule has 3 heterocycles. The third-order valence-corrected chi connectivity index (χ3v) is 4.15. The molecule has 4 aliphatic rings. The van der Waals surface area contributed by atoms with Gasteiger partial charge in [-0.2, -0.15) is 0 Å². The molecule has 0 aromatic carbocycles. The van der Waals surface area contributed by atoms with E-state index in [1.807, 2.05) is 0 Å². The van der Waals surface area contributed by atoms with E-state index in [1.165, 1.54) is 7.11 Å². The number of carbonyl (C=O) groups is 1. The Bertz CT molecular complexity index is 317. The molecular weight excluding hydrogens is 198 g/mol. The number of hydrogen-bond donors (Lipinski definition) is 1. The topological polar surface area (TPSA) is 70.8 Å². The minimum atomic E-state index is -0.487. The number of hydrogen-bond acceptors (Lipinski definition) is 5. The van der Waals surface area contributed by atoms with E-state index < -0.39 is 11.0 Å². The molecule has 0 atom stereocenters. The van der Waals surface area contributed by atoms with Crippen LogP contribution in [0.5, 0.6) is 0 Å². The summed E-state index contributed by atoms with van der Waals surface area (Å²) in [5, 5.41) is 0. The second-order valence-electron chi connectivity index (χ2n) is 4.90. The Labute approximate surface area is 87.8 Å². The number of methoxy groups -OCH3 is 1. The van der Waals surface area contributed by atoms with Gasteiger partial charge in [-0.1, -0.05) is 0 Å². The van der Waals surface area contributed by atoms with Gasteiger partial charge in [-0.25, -0.2) is 0 Å². The lowest BCUT2D eigenvalue weighted by Gasteiger charge is -2.48. The summed E-state index contributed by atoms with van der Waals surface area (Å²) in [4.78, 5) is 11.8. The standard InChI is InChI=1S/C10H15NO4/c1-13-7(12)9-2-8(3-9,4-11)15-10(9)5-14-6-10/h2-6,11H2,1H3. The quantitative estimate of drug-likeness (QED) is 0.622. The molecule has 15 heavy (non-hydrogen) atoms. The highest BCUT2D eigenvalue weighted by Crippen LogP contribution is 2.68. The monoisotopic (exact) mass is 213 g/mol. The minimum Gasteiger partial charge on any atom is -0.469 e. The van der Waals surface area contributed by atoms with Gasteiger partial charge in [0.15, 0.2) is 0 Å². The van der Waals surface area contributed by atoms with Gasteiger partial charge in [0.1, 0.15) is 11.0 Å². The molecule has 0 aromatic rings. The molecular formula is C10H15NO4. The maximum Gasteiger partial charge on any atom is 0.315 e. The van der Waals surface area contributed by atoms with E-state index in [1.54, 1.807) is 0 Å². The summed E-state index contributed by atoms with van der Waals surface area (Å²) < 4.78 is 16.0. The Kier molecular flexibility index (Phi) is 1.62. The molecule has 0 radical (unpaired) electrons. The molecule has 3 saturated heterocycles. The molecule has 1 spiro atoms. The smallest absolute Gasteiger partial charge is 0.315 e. The lowest BCUT2D eigenvalue weighted by Crippen LogP contribution is -2.63. The molecule has 4 rings (SSSR count). The van der Waals surface area contributed by atoms with E-state index in [-0.39, 0.29) is 11.6 Å². The van der Waals surface area contributed by atoms with Crippen LogP contribution < -0.4 is 5.73 Å². The Balaban J connectivity index is 1.94. The predicted octanol–water partition coefficient (Wildman–Crippen LogP) is -0.564. The zero-order valence-electron chi connectivity index (χ0n) is 8.75. The minimum absolute atomic E-state index is 0.174. The van der Waals surface area contributed by atoms with Gasteiger partial charge in [0.05, 0.1) is 25.9 Å². The SMILES string of the molecule is COC(=O)C12CC(CN)(C1)OC21COC1. The van der Waals surface area contributed by atoms with Gasteiger partial charge in [-0.15, -0.1) is 0 Å². The summed E-state index contributed by atoms with van der Waals surface area (Å²) in [6.45, 7) is 1.45. The van der Waals surface area contributed by atoms with Crippen molar-refractivity contribution in [2.45, 2.75) is 24.0 Å². The molecule has 2 N–H and O–H groups in total. The van der Waals surface area contributed by atoms with Crippen LogP contribution in [0.1, 0.15) is 12.8 Å². The molecule has 84 valence electrons. The fraction of sp³-hybridized carbons (Fsp3) is 0.900. The van der Waals surface area contributed by atoms with Gasteiger partial charge in [0, 0.05) is 6.54 Å². The highest BCUT2D eigenvalue weighted by Gasteiger charge is 2.80. The summed E-state index contributed by atoms with van der Waals surface area (Å²) in [6.07, 6.45) is 1.37. The van der Waals surface area contributed by atoms with Crippen LogP contribution in [0.4, 0.5) is 0 Å². The van der Waals surface area contributed by atoms with E-state index in [4.69, 9.17) is 19.9 Å². The number of rotatable bonds is 2. The third-order valence-electron chi connectivity index (χ3n) is 4.15. The van der Waals surface area contributed by atoms with Crippen molar-refractivity contribution in [2.24, 2.45) is 11.1 Å². The van der Waals surface area contributed by atoms with E-state index in [0.29, 0.717) is 32.6 Å². The molecule has 3 aliphatic heterocycles. The Morgan fingerprint density at radius 3 is 2.53 bits per heavy atom. The molecule has 5 heteroatoms. The summed E-state index contributed by atoms with van der Waals surface area (Å²) in [7, 11) is 1.42. The Morgan fingerprint density at radius 1 is 1.47 bits per heavy atom. The summed E-state index contributed by atoms with van der Waals surface area (Å²) >= 11 is 0. The molecule has 2 bridgehead atoms. The zero-order chi connectivity index (χ0) is 10.7. The molecule has 4 fully saturated rings. The normalized spacial score (nSPS) is 44.7. The van der Waals surface area contributed by atoms with Gasteiger partial charge in [0.25, 0.3) is 0 Å². The second-order valence-corrected chi connectivity index (χ2v) is 4.90. The molecule has 0 amide bonds. The number of carbonyl (C=O) groups excluding carboxylic acids is 1. The number of ether oxygens (including phenoxy) is 3. The van der Waals surface area contributed by atoms with E-state index in [2.05, 4.69) is 0 Å². The van der Waals surface area contributed by atoms with Crippen LogP contribution in [-0.4, -0.2) is 44.0 Å². The average molecular weight is 213 g/mol. The van der Waals surface area contributed by atoms with Gasteiger partial charge < -0.3 is 19.9 Å². The van der Waals surface area contributed by atoms with Crippen molar-refractivity contribution in [1.82, 2.24) is 0 Å². The second kappa shape index (κ2) is 2.53. The fourth-order valence-corrected chi connectivity index (χ4v) is 3.29. The largest absolute Gasteiger partial charge is 0.469 e. The first-order chi connectivity index (χ1) is 7.12. The fourth-order valence-electron chi connectivity index (χ4n) is 3.29. The van der Waals surface area contributed by atoms with Crippen molar-refractivity contribution < 1.29 is 19.0 Å². The van der Waals surface area contributed by atoms with Crippen LogP contribution >= 0.6 is 0 Å². The van der Waals surface area contributed by atoms with Gasteiger partial charge in [-0.3, -0.25) is 4.79 Å². The van der Waals surface area contributed by atoms with Crippen molar-refractivity contribution in [3.05, 3.63) is 0 Å². The summed E-state index contributed by atoms with van der Waals surface area (Å²) in [6, 6.07) is 0. The van der Waals surface area contributed by atoms with Crippen molar-refractivity contribution >= 4 is 5.97 Å². The first-order valence-corrected chi connectivity index (χ1v) is 5.19. The van der Waals surface area contributed by atoms with Crippen LogP contribution in [0.2, 0.25) is 0 Å². The highest BCUT2D eigenvalue weighted by molar-refractivity contribution is 5.82. The lowest BCUT2D eigenvalue weighted by molar-refractivity contribution is -0.220. The highest BCUT2D eigenvalue weighted by atomic mass is 16.6. The zero-order valence-corrected chi connectivity index (χ0v) is 8.75. The van der Waals surface area contributed by atoms with Crippen LogP contribution in [-0.2, 0) is 19.0 Å². The van der Waals surface area contributed by atoms with Crippen LogP contribution in [0, 0.1) is 5.41 Å². The van der Waals surface area contributed by atoms with Crippen molar-refractivity contribution in [1.29, 1.82) is 0 Å². The Morgan fingerprint density at radius 2 is 2.13 bits per heavy atom. The Hall–Kier alpha value is -0.650. The summed E-state index contributed by atoms with van der Waals surface area (Å²) in [5.74, 6) is -0.174. The third kappa shape index (κ3) is 0.836. The van der Waals surface area contributed by atoms with Crippen molar-refractivity contribution in [2.75, 3.05) is 26.9 Å².